The predicted octanol–water partition coefficient (Wildman–Crippen LogP) is 3.55. The average molecular weight is 207 g/mol. The van der Waals surface area contributed by atoms with Crippen LogP contribution in [0.25, 0.3) is 11.1 Å². The van der Waals surface area contributed by atoms with E-state index in [-0.39, 0.29) is 0 Å². The van der Waals surface area contributed by atoms with Crippen LogP contribution in [0.5, 0.6) is 0 Å². The van der Waals surface area contributed by atoms with Crippen LogP contribution in [0, 0.1) is 0 Å². The van der Waals surface area contributed by atoms with Crippen molar-refractivity contribution >= 4 is 15.9 Å². The Kier molecular flexibility index (Phi) is 1.66. The number of fused-ring (bicyclic) bond motifs is 1. The summed E-state index contributed by atoms with van der Waals surface area (Å²) < 4.78 is 1.12. The molecule has 0 atom stereocenters. The van der Waals surface area contributed by atoms with Gasteiger partial charge < -0.3 is 0 Å². The zero-order chi connectivity index (χ0) is 7.68. The van der Waals surface area contributed by atoms with Gasteiger partial charge in [0.25, 0.3) is 0 Å². The Morgan fingerprint density at radius 2 is 1.45 bits per heavy atom. The Hall–Kier alpha value is -0.820. The quantitative estimate of drug-likeness (QED) is 0.619. The Bertz CT molecular complexity index is 341. The summed E-state index contributed by atoms with van der Waals surface area (Å²) in [5, 5.41) is 0. The molecule has 2 rings (SSSR count). The van der Waals surface area contributed by atoms with Gasteiger partial charge in [-0.05, 0) is 23.3 Å². The highest BCUT2D eigenvalue weighted by molar-refractivity contribution is 9.10. The third kappa shape index (κ3) is 1.29. The summed E-state index contributed by atoms with van der Waals surface area (Å²) in [6.45, 7) is 0. The van der Waals surface area contributed by atoms with Gasteiger partial charge in [-0.15, -0.1) is 0 Å². The first-order chi connectivity index (χ1) is 5.36. The first kappa shape index (κ1) is 6.86. The lowest BCUT2D eigenvalue weighted by molar-refractivity contribution is 1.77. The van der Waals surface area contributed by atoms with Gasteiger partial charge in [0.05, 0.1) is 0 Å². The molecule has 0 fully saturated rings. The summed E-state index contributed by atoms with van der Waals surface area (Å²) in [7, 11) is 0. The Labute approximate surface area is 74.3 Å². The molecule has 0 unspecified atom stereocenters. The minimum Gasteiger partial charge on any atom is -0.0610 e. The fraction of sp³-hybridized carbons (Fsp3) is 0. The van der Waals surface area contributed by atoms with Gasteiger partial charge in [0.15, 0.2) is 0 Å². The monoisotopic (exact) mass is 206 g/mol. The second-order valence-corrected chi connectivity index (χ2v) is 3.41. The Balaban J connectivity index is 2.73. The van der Waals surface area contributed by atoms with E-state index in [1.807, 2.05) is 12.1 Å². The van der Waals surface area contributed by atoms with Crippen molar-refractivity contribution in [2.75, 3.05) is 0 Å². The number of hydrogen-bond acceptors (Lipinski definition) is 0. The molecular formula is C10H7Br. The van der Waals surface area contributed by atoms with Crippen LogP contribution in [0.4, 0.5) is 0 Å². The molecule has 1 heteroatoms. The highest BCUT2D eigenvalue weighted by Crippen LogP contribution is 2.24. The van der Waals surface area contributed by atoms with Crippen molar-refractivity contribution in [3.05, 3.63) is 46.9 Å². The SMILES string of the molecule is Brc1cccc2cccc-2c1. The molecule has 2 aliphatic carbocycles. The molecule has 2 aliphatic rings. The van der Waals surface area contributed by atoms with Crippen LogP contribution >= 0.6 is 15.9 Å². The van der Waals surface area contributed by atoms with E-state index >= 15 is 0 Å². The van der Waals surface area contributed by atoms with Crippen LogP contribution in [0.3, 0.4) is 0 Å². The van der Waals surface area contributed by atoms with Crippen LogP contribution in [-0.2, 0) is 0 Å². The third-order valence-electron chi connectivity index (χ3n) is 1.71. The summed E-state index contributed by atoms with van der Waals surface area (Å²) in [4.78, 5) is 0. The summed E-state index contributed by atoms with van der Waals surface area (Å²) in [5.41, 5.74) is 2.57. The lowest BCUT2D eigenvalue weighted by Crippen LogP contribution is -1.61. The van der Waals surface area contributed by atoms with Crippen molar-refractivity contribution in [3.63, 3.8) is 0 Å². The summed E-state index contributed by atoms with van der Waals surface area (Å²) >= 11 is 3.45. The van der Waals surface area contributed by atoms with Crippen LogP contribution in [0.2, 0.25) is 0 Å². The van der Waals surface area contributed by atoms with Crippen LogP contribution in [0.15, 0.2) is 46.9 Å². The Morgan fingerprint density at radius 1 is 0.818 bits per heavy atom. The maximum absolute atomic E-state index is 3.45. The van der Waals surface area contributed by atoms with Gasteiger partial charge >= 0.3 is 0 Å². The first-order valence-corrected chi connectivity index (χ1v) is 4.30. The smallest absolute Gasteiger partial charge is 0.0181 e. The predicted molar refractivity (Wildman–Crippen MR) is 50.8 cm³/mol. The van der Waals surface area contributed by atoms with Gasteiger partial charge in [0, 0.05) is 4.47 Å². The summed E-state index contributed by atoms with van der Waals surface area (Å²) in [6, 6.07) is 14.6. The zero-order valence-electron chi connectivity index (χ0n) is 5.92. The second-order valence-electron chi connectivity index (χ2n) is 2.49. The van der Waals surface area contributed by atoms with Crippen molar-refractivity contribution in [1.29, 1.82) is 0 Å². The molecule has 0 N–H and O–H groups in total. The minimum absolute atomic E-state index is 1.12. The van der Waals surface area contributed by atoms with E-state index in [4.69, 9.17) is 0 Å². The molecule has 0 spiro atoms. The summed E-state index contributed by atoms with van der Waals surface area (Å²) in [5.74, 6) is 0. The maximum atomic E-state index is 3.45. The van der Waals surface area contributed by atoms with Crippen LogP contribution in [0.1, 0.15) is 0 Å². The first-order valence-electron chi connectivity index (χ1n) is 3.50. The normalized spacial score (nSPS) is 10.3. The molecule has 0 aliphatic heterocycles. The largest absolute Gasteiger partial charge is 0.0610 e. The number of halogens is 1. The second kappa shape index (κ2) is 2.67. The van der Waals surface area contributed by atoms with Crippen molar-refractivity contribution in [3.8, 4) is 11.1 Å². The Morgan fingerprint density at radius 3 is 2.27 bits per heavy atom. The third-order valence-corrected chi connectivity index (χ3v) is 2.20. The fourth-order valence-corrected chi connectivity index (χ4v) is 1.57. The van der Waals surface area contributed by atoms with Crippen molar-refractivity contribution < 1.29 is 0 Å². The van der Waals surface area contributed by atoms with Gasteiger partial charge in [-0.25, -0.2) is 0 Å². The average Bonchev–Trinajstić information content (AvgIpc) is 2.31. The maximum Gasteiger partial charge on any atom is 0.0181 e. The van der Waals surface area contributed by atoms with E-state index in [9.17, 15) is 0 Å². The molecule has 11 heavy (non-hydrogen) atoms. The van der Waals surface area contributed by atoms with E-state index < -0.39 is 0 Å². The molecular weight excluding hydrogens is 200 g/mol. The molecule has 0 nitrogen and oxygen atoms in total. The molecule has 0 saturated carbocycles. The van der Waals surface area contributed by atoms with Crippen molar-refractivity contribution in [2.45, 2.75) is 0 Å². The lowest BCUT2D eigenvalue weighted by Gasteiger charge is -1.87. The molecule has 0 heterocycles. The molecule has 0 radical (unpaired) electrons. The van der Waals surface area contributed by atoms with E-state index in [1.54, 1.807) is 0 Å². The fourth-order valence-electron chi connectivity index (χ4n) is 1.17. The van der Waals surface area contributed by atoms with E-state index in [1.165, 1.54) is 11.1 Å². The molecule has 0 aromatic rings. The van der Waals surface area contributed by atoms with Gasteiger partial charge in [0.1, 0.15) is 0 Å². The zero-order valence-corrected chi connectivity index (χ0v) is 7.51. The molecule has 0 aromatic heterocycles. The molecule has 0 amide bonds. The van der Waals surface area contributed by atoms with E-state index in [0.29, 0.717) is 0 Å². The summed E-state index contributed by atoms with van der Waals surface area (Å²) in [6.07, 6.45) is 0. The molecule has 0 saturated heterocycles. The van der Waals surface area contributed by atoms with Gasteiger partial charge in [-0.1, -0.05) is 46.3 Å². The lowest BCUT2D eigenvalue weighted by atomic mass is 10.2. The standard InChI is InChI=1S/C10H7Br/c11-10-6-2-4-8-3-1-5-9(8)7-10/h1-7H. The van der Waals surface area contributed by atoms with Crippen molar-refractivity contribution in [1.82, 2.24) is 0 Å². The van der Waals surface area contributed by atoms with Gasteiger partial charge in [-0.3, -0.25) is 0 Å². The highest BCUT2D eigenvalue weighted by Gasteiger charge is 1.97. The minimum atomic E-state index is 1.12. The topological polar surface area (TPSA) is 0 Å². The number of hydrogen-bond donors (Lipinski definition) is 0. The molecule has 0 aromatic carbocycles. The number of rotatable bonds is 0. The van der Waals surface area contributed by atoms with Crippen LogP contribution < -0.4 is 0 Å². The van der Waals surface area contributed by atoms with Gasteiger partial charge in [0.2, 0.25) is 0 Å². The van der Waals surface area contributed by atoms with Crippen molar-refractivity contribution in [2.24, 2.45) is 0 Å². The van der Waals surface area contributed by atoms with Gasteiger partial charge in [-0.2, -0.15) is 0 Å². The highest BCUT2D eigenvalue weighted by atomic mass is 79.9. The molecule has 54 valence electrons. The van der Waals surface area contributed by atoms with E-state index in [2.05, 4.69) is 46.3 Å². The molecule has 0 bridgehead atoms. The van der Waals surface area contributed by atoms with Crippen LogP contribution in [-0.4, -0.2) is 0 Å². The van der Waals surface area contributed by atoms with E-state index in [0.717, 1.165) is 4.47 Å².